The molecule has 0 aromatic heterocycles. The third kappa shape index (κ3) is 6.58. The first-order chi connectivity index (χ1) is 25.9. The molecule has 0 radical (unpaired) electrons. The Morgan fingerprint density at radius 1 is 0.636 bits per heavy atom. The van der Waals surface area contributed by atoms with Crippen molar-refractivity contribution >= 4 is 29.2 Å². The summed E-state index contributed by atoms with van der Waals surface area (Å²) in [5.41, 5.74) is 4.95. The average molecular weight is 737 g/mol. The molecule has 0 bridgehead atoms. The van der Waals surface area contributed by atoms with Gasteiger partial charge in [0.25, 0.3) is 0 Å². The predicted molar refractivity (Wildman–Crippen MR) is 208 cm³/mol. The van der Waals surface area contributed by atoms with Crippen LogP contribution in [0.15, 0.2) is 84.9 Å². The SMILES string of the molecule is Cc1cc(C)c(C(C)(C)CC(=O)Nc2ccc3c(c2)Oc2cc(NC(=O)CC(C)(C)c4c(C)cc(C)cc4[O-])ccc2C32OC(=O)c3ccccc32)c([O-])c1. The molecule has 2 heterocycles. The highest BCUT2D eigenvalue weighted by molar-refractivity contribution is 5.98. The Morgan fingerprint density at radius 2 is 1.09 bits per heavy atom. The minimum absolute atomic E-state index is 0.0569. The molecule has 1 spiro atoms. The molecule has 2 N–H and O–H groups in total. The molecule has 5 aromatic carbocycles. The van der Waals surface area contributed by atoms with Crippen molar-refractivity contribution in [2.45, 2.75) is 84.7 Å². The summed E-state index contributed by atoms with van der Waals surface area (Å²) in [5, 5.41) is 31.9. The van der Waals surface area contributed by atoms with Gasteiger partial charge in [-0.2, -0.15) is 0 Å². The van der Waals surface area contributed by atoms with Crippen molar-refractivity contribution in [1.29, 1.82) is 0 Å². The number of hydrogen-bond acceptors (Lipinski definition) is 7. The first kappa shape index (κ1) is 37.2. The lowest BCUT2D eigenvalue weighted by Crippen LogP contribution is -2.33. The molecular weight excluding hydrogens is 693 g/mol. The van der Waals surface area contributed by atoms with Crippen molar-refractivity contribution in [2.75, 3.05) is 10.6 Å². The number of benzene rings is 5. The number of amides is 2. The van der Waals surface area contributed by atoms with Gasteiger partial charge in [-0.05, 0) is 91.1 Å². The Hall–Kier alpha value is -6.09. The minimum atomic E-state index is -1.35. The second kappa shape index (κ2) is 13.3. The van der Waals surface area contributed by atoms with Crippen LogP contribution in [0.5, 0.6) is 23.0 Å². The molecule has 2 aliphatic heterocycles. The number of ether oxygens (including phenoxy) is 2. The Morgan fingerprint density at radius 3 is 1.55 bits per heavy atom. The number of hydrogen-bond donors (Lipinski definition) is 2. The zero-order valence-corrected chi connectivity index (χ0v) is 32.4. The normalized spacial score (nSPS) is 14.0. The number of nitrogens with one attached hydrogen (secondary N) is 2. The molecule has 0 fully saturated rings. The van der Waals surface area contributed by atoms with E-state index < -0.39 is 22.4 Å². The fourth-order valence-electron chi connectivity index (χ4n) is 8.81. The van der Waals surface area contributed by atoms with E-state index in [0.717, 1.165) is 22.3 Å². The zero-order valence-electron chi connectivity index (χ0n) is 32.4. The van der Waals surface area contributed by atoms with Crippen LogP contribution in [0.3, 0.4) is 0 Å². The average Bonchev–Trinajstić information content (AvgIpc) is 3.35. The minimum Gasteiger partial charge on any atom is -0.872 e. The number of rotatable bonds is 8. The second-order valence-corrected chi connectivity index (χ2v) is 16.3. The largest absolute Gasteiger partial charge is 0.872 e. The molecule has 2 amide bonds. The maximum absolute atomic E-state index is 13.5. The van der Waals surface area contributed by atoms with Gasteiger partial charge in [0.2, 0.25) is 11.8 Å². The first-order valence-electron chi connectivity index (χ1n) is 18.4. The summed E-state index contributed by atoms with van der Waals surface area (Å²) in [6, 6.07) is 24.7. The van der Waals surface area contributed by atoms with E-state index in [1.54, 1.807) is 60.7 Å². The lowest BCUT2D eigenvalue weighted by atomic mass is 9.77. The Bertz CT molecular complexity index is 2240. The third-order valence-electron chi connectivity index (χ3n) is 10.7. The van der Waals surface area contributed by atoms with Crippen molar-refractivity contribution in [3.63, 3.8) is 0 Å². The number of fused-ring (bicyclic) bond motifs is 6. The van der Waals surface area contributed by atoms with Crippen LogP contribution >= 0.6 is 0 Å². The van der Waals surface area contributed by atoms with Crippen molar-refractivity contribution in [1.82, 2.24) is 0 Å². The molecule has 0 aliphatic carbocycles. The summed E-state index contributed by atoms with van der Waals surface area (Å²) in [5.74, 6) is -0.533. The smallest absolute Gasteiger partial charge is 0.340 e. The highest BCUT2D eigenvalue weighted by Crippen LogP contribution is 2.57. The van der Waals surface area contributed by atoms with E-state index >= 15 is 0 Å². The van der Waals surface area contributed by atoms with Crippen LogP contribution in [0.25, 0.3) is 0 Å². The van der Waals surface area contributed by atoms with Gasteiger partial charge in [0, 0.05) is 53.0 Å². The van der Waals surface area contributed by atoms with Crippen LogP contribution in [0.4, 0.5) is 11.4 Å². The molecule has 0 unspecified atom stereocenters. The van der Waals surface area contributed by atoms with Crippen molar-refractivity contribution in [3.05, 3.63) is 141 Å². The second-order valence-electron chi connectivity index (χ2n) is 16.3. The van der Waals surface area contributed by atoms with Gasteiger partial charge in [-0.1, -0.05) is 81.3 Å². The van der Waals surface area contributed by atoms with E-state index in [9.17, 15) is 24.6 Å². The maximum atomic E-state index is 13.5. The maximum Gasteiger partial charge on any atom is 0.340 e. The number of carbonyl (C=O) groups excluding carboxylic acids is 3. The van der Waals surface area contributed by atoms with E-state index in [0.29, 0.717) is 56.3 Å². The van der Waals surface area contributed by atoms with Gasteiger partial charge in [0.05, 0.1) is 5.56 Å². The van der Waals surface area contributed by atoms with E-state index in [1.807, 2.05) is 79.7 Å². The molecule has 0 atom stereocenters. The predicted octanol–water partition coefficient (Wildman–Crippen LogP) is 8.25. The van der Waals surface area contributed by atoms with Gasteiger partial charge in [-0.15, -0.1) is 11.5 Å². The van der Waals surface area contributed by atoms with Crippen molar-refractivity contribution < 1.29 is 34.1 Å². The molecule has 282 valence electrons. The third-order valence-corrected chi connectivity index (χ3v) is 10.7. The number of carbonyl (C=O) groups is 3. The molecule has 9 nitrogen and oxygen atoms in total. The van der Waals surface area contributed by atoms with Crippen LogP contribution in [-0.4, -0.2) is 17.8 Å². The highest BCUT2D eigenvalue weighted by Gasteiger charge is 2.53. The van der Waals surface area contributed by atoms with Crippen LogP contribution in [0.1, 0.15) is 101 Å². The summed E-state index contributed by atoms with van der Waals surface area (Å²) in [7, 11) is 0. The zero-order chi connectivity index (χ0) is 39.6. The van der Waals surface area contributed by atoms with Crippen LogP contribution in [-0.2, 0) is 30.8 Å². The molecular formula is C46H44N2O7-2. The number of aryl methyl sites for hydroxylation is 4. The Labute approximate surface area is 321 Å². The van der Waals surface area contributed by atoms with E-state index in [1.165, 1.54) is 0 Å². The molecule has 0 saturated heterocycles. The lowest BCUT2D eigenvalue weighted by molar-refractivity contribution is -0.270. The quantitative estimate of drug-likeness (QED) is 0.153. The monoisotopic (exact) mass is 736 g/mol. The highest BCUT2D eigenvalue weighted by atomic mass is 16.6. The summed E-state index contributed by atoms with van der Waals surface area (Å²) in [6.07, 6.45) is 0.114. The Balaban J connectivity index is 1.20. The molecule has 9 heteroatoms. The van der Waals surface area contributed by atoms with Crippen molar-refractivity contribution in [3.8, 4) is 23.0 Å². The van der Waals surface area contributed by atoms with E-state index in [-0.39, 0.29) is 36.2 Å². The summed E-state index contributed by atoms with van der Waals surface area (Å²) < 4.78 is 12.8. The topological polar surface area (TPSA) is 140 Å². The van der Waals surface area contributed by atoms with E-state index in [2.05, 4.69) is 10.6 Å². The van der Waals surface area contributed by atoms with Gasteiger partial charge >= 0.3 is 5.97 Å². The number of esters is 1. The van der Waals surface area contributed by atoms with Crippen LogP contribution in [0, 0.1) is 27.7 Å². The van der Waals surface area contributed by atoms with E-state index in [4.69, 9.17) is 9.47 Å². The Kier molecular flexibility index (Phi) is 9.03. The van der Waals surface area contributed by atoms with Crippen LogP contribution in [0.2, 0.25) is 0 Å². The van der Waals surface area contributed by atoms with Gasteiger partial charge < -0.3 is 30.3 Å². The fraction of sp³-hybridized carbons (Fsp3) is 0.283. The lowest BCUT2D eigenvalue weighted by Gasteiger charge is -2.37. The standard InChI is InChI=1S/C46H46N2O7/c1-25-17-27(3)41(35(49)19-25)44(5,6)23-39(51)47-29-13-15-33-37(21-29)54-38-22-30(14-16-34(38)46(33)32-12-10-9-11-31(32)43(53)55-46)48-40(52)24-45(7,8)42-28(4)18-26(2)20-36(42)50/h9-22,49-50H,23-24H2,1-8H3,(H,47,51)(H,48,52)/p-2. The molecule has 2 aliphatic rings. The number of anilines is 2. The van der Waals surface area contributed by atoms with Gasteiger partial charge in [-0.25, -0.2) is 4.79 Å². The van der Waals surface area contributed by atoms with Crippen LogP contribution < -0.4 is 25.6 Å². The van der Waals surface area contributed by atoms with Gasteiger partial charge in [0.15, 0.2) is 5.60 Å². The molecule has 0 saturated carbocycles. The van der Waals surface area contributed by atoms with Gasteiger partial charge in [-0.3, -0.25) is 9.59 Å². The molecule has 5 aromatic rings. The molecule has 7 rings (SSSR count). The van der Waals surface area contributed by atoms with Crippen molar-refractivity contribution in [2.24, 2.45) is 0 Å². The summed E-state index contributed by atoms with van der Waals surface area (Å²) >= 11 is 0. The first-order valence-corrected chi connectivity index (χ1v) is 18.4. The summed E-state index contributed by atoms with van der Waals surface area (Å²) in [6.45, 7) is 15.1. The van der Waals surface area contributed by atoms with Gasteiger partial charge in [0.1, 0.15) is 11.5 Å². The molecule has 55 heavy (non-hydrogen) atoms. The summed E-state index contributed by atoms with van der Waals surface area (Å²) in [4.78, 5) is 40.4. The fourth-order valence-corrected chi connectivity index (χ4v) is 8.81.